The third-order valence-corrected chi connectivity index (χ3v) is 7.29. The normalized spacial score (nSPS) is 20.3. The summed E-state index contributed by atoms with van der Waals surface area (Å²) in [5, 5.41) is 9.77. The molecule has 1 aliphatic heterocycles. The van der Waals surface area contributed by atoms with Gasteiger partial charge in [0.2, 0.25) is 0 Å². The third kappa shape index (κ3) is 6.28. The van der Waals surface area contributed by atoms with Gasteiger partial charge in [-0.3, -0.25) is 9.78 Å². The summed E-state index contributed by atoms with van der Waals surface area (Å²) in [7, 11) is -4.09. The molecular formula is C23H30N4O7PS+. The van der Waals surface area contributed by atoms with Gasteiger partial charge in [-0.15, -0.1) is 4.52 Å². The zero-order valence-corrected chi connectivity index (χ0v) is 21.3. The van der Waals surface area contributed by atoms with Crippen molar-refractivity contribution in [3.63, 3.8) is 0 Å². The van der Waals surface area contributed by atoms with Crippen molar-refractivity contribution in [1.29, 1.82) is 0 Å². The van der Waals surface area contributed by atoms with E-state index in [2.05, 4.69) is 22.6 Å². The number of ketones is 1. The number of benzene rings is 1. The molecule has 0 aliphatic carbocycles. The molecule has 0 amide bonds. The first-order valence-electron chi connectivity index (χ1n) is 11.5. The number of pyridine rings is 1. The standard InChI is InChI=1S/C23H29N4O7PS/c24-12-15-2-4-16(5-3-15)19(29)10-17-23-18(6-7-25-17)27(14-26-23)22-11-20(21(13-28)33-22)34-35(30,31)32-8-1-9-36/h2-7,14,20-22,28,30-31H,1,8-13,24H2/p+1/t20?,21?,22-/m1/s1. The minimum absolute atomic E-state index is 0.0680. The monoisotopic (exact) mass is 537 g/mol. The first-order valence-corrected chi connectivity index (χ1v) is 13.7. The summed E-state index contributed by atoms with van der Waals surface area (Å²) in [5.74, 6) is 0.438. The second kappa shape index (κ2) is 12.0. The molecule has 5 N–H and O–H groups in total. The second-order valence-corrected chi connectivity index (χ2v) is 10.3. The number of Topliss-reactive ketones (excluding diaryl/α,β-unsaturated/α-hetero) is 1. The summed E-state index contributed by atoms with van der Waals surface area (Å²) < 4.78 is 18.2. The highest BCUT2D eigenvalue weighted by Gasteiger charge is 2.49. The smallest absolute Gasteiger partial charge is 0.394 e. The number of carbonyl (C=O) groups excluding carboxylic acids is 1. The van der Waals surface area contributed by atoms with E-state index in [4.69, 9.17) is 19.5 Å². The number of carbonyl (C=O) groups is 1. The molecule has 2 unspecified atom stereocenters. The quantitative estimate of drug-likeness (QED) is 0.0999. The summed E-state index contributed by atoms with van der Waals surface area (Å²) in [6.07, 6.45) is 1.79. The van der Waals surface area contributed by atoms with Gasteiger partial charge in [0.15, 0.2) is 5.78 Å². The van der Waals surface area contributed by atoms with Crippen LogP contribution in [0.25, 0.3) is 11.0 Å². The van der Waals surface area contributed by atoms with Crippen molar-refractivity contribution in [1.82, 2.24) is 14.5 Å². The third-order valence-electron chi connectivity index (χ3n) is 5.91. The number of thiol groups is 1. The molecule has 13 heteroatoms. The minimum Gasteiger partial charge on any atom is -0.394 e. The fraction of sp³-hybridized carbons (Fsp3) is 0.435. The summed E-state index contributed by atoms with van der Waals surface area (Å²) >= 11 is 4.06. The SMILES string of the molecule is NCc1ccc(C(=O)Cc2nccc3c2ncn3[C@H]2CC(O[P+](O)(O)OCCCS)C(CO)O2)cc1. The van der Waals surface area contributed by atoms with E-state index in [0.29, 0.717) is 41.0 Å². The number of fused-ring (bicyclic) bond motifs is 1. The molecule has 4 rings (SSSR count). The molecule has 0 spiro atoms. The number of rotatable bonds is 12. The fourth-order valence-corrected chi connectivity index (χ4v) is 5.19. The Kier molecular flexibility index (Phi) is 9.05. The lowest BCUT2D eigenvalue weighted by Crippen LogP contribution is -2.28. The molecular weight excluding hydrogens is 507 g/mol. The molecule has 0 bridgehead atoms. The number of nitrogens with zero attached hydrogens (tertiary/aromatic N) is 3. The van der Waals surface area contributed by atoms with Gasteiger partial charge in [0.05, 0.1) is 30.6 Å². The van der Waals surface area contributed by atoms with Gasteiger partial charge in [0, 0.05) is 24.7 Å². The summed E-state index contributed by atoms with van der Waals surface area (Å²) in [5.41, 5.74) is 8.90. The van der Waals surface area contributed by atoms with E-state index in [1.54, 1.807) is 35.3 Å². The van der Waals surface area contributed by atoms with Gasteiger partial charge in [-0.05, 0) is 23.8 Å². The molecule has 3 heterocycles. The molecule has 1 aromatic carbocycles. The maximum absolute atomic E-state index is 12.8. The van der Waals surface area contributed by atoms with Gasteiger partial charge in [0.1, 0.15) is 30.6 Å². The largest absolute Gasteiger partial charge is 0.570 e. The topological polar surface area (TPSA) is 162 Å². The summed E-state index contributed by atoms with van der Waals surface area (Å²) in [6.45, 7) is 0.110. The molecule has 194 valence electrons. The van der Waals surface area contributed by atoms with Crippen LogP contribution in [0.2, 0.25) is 0 Å². The predicted molar refractivity (Wildman–Crippen MR) is 136 cm³/mol. The van der Waals surface area contributed by atoms with Gasteiger partial charge in [-0.25, -0.2) is 4.98 Å². The van der Waals surface area contributed by atoms with Crippen LogP contribution < -0.4 is 5.73 Å². The average molecular weight is 538 g/mol. The lowest BCUT2D eigenvalue weighted by molar-refractivity contribution is -0.0464. The predicted octanol–water partition coefficient (Wildman–Crippen LogP) is 1.98. The van der Waals surface area contributed by atoms with Crippen LogP contribution in [0.3, 0.4) is 0 Å². The Hall–Kier alpha value is -1.99. The van der Waals surface area contributed by atoms with Crippen molar-refractivity contribution >= 4 is 37.6 Å². The van der Waals surface area contributed by atoms with E-state index in [1.165, 1.54) is 0 Å². The molecule has 11 nitrogen and oxygen atoms in total. The van der Waals surface area contributed by atoms with E-state index in [0.717, 1.165) is 5.56 Å². The van der Waals surface area contributed by atoms with Crippen LogP contribution in [0, 0.1) is 0 Å². The highest BCUT2D eigenvalue weighted by Crippen LogP contribution is 2.55. The van der Waals surface area contributed by atoms with Crippen LogP contribution in [0.15, 0.2) is 42.9 Å². The number of aliphatic hydroxyl groups is 1. The van der Waals surface area contributed by atoms with E-state index >= 15 is 0 Å². The Morgan fingerprint density at radius 1 is 1.25 bits per heavy atom. The molecule has 2 aromatic heterocycles. The summed E-state index contributed by atoms with van der Waals surface area (Å²) in [6, 6.07) is 8.90. The highest BCUT2D eigenvalue weighted by atomic mass is 32.1. The molecule has 1 aliphatic rings. The number of hydrogen-bond donors (Lipinski definition) is 5. The minimum atomic E-state index is -4.09. The van der Waals surface area contributed by atoms with Gasteiger partial charge < -0.3 is 20.1 Å². The van der Waals surface area contributed by atoms with Crippen molar-refractivity contribution in [2.24, 2.45) is 5.73 Å². The lowest BCUT2D eigenvalue weighted by Gasteiger charge is -2.16. The van der Waals surface area contributed by atoms with Gasteiger partial charge >= 0.3 is 8.17 Å². The van der Waals surface area contributed by atoms with Gasteiger partial charge in [-0.2, -0.15) is 26.9 Å². The van der Waals surface area contributed by atoms with Crippen LogP contribution in [-0.2, 0) is 26.7 Å². The van der Waals surface area contributed by atoms with Crippen molar-refractivity contribution in [2.75, 3.05) is 19.0 Å². The Morgan fingerprint density at radius 2 is 2.03 bits per heavy atom. The van der Waals surface area contributed by atoms with Crippen LogP contribution >= 0.6 is 20.8 Å². The maximum Gasteiger partial charge on any atom is 0.570 e. The van der Waals surface area contributed by atoms with Gasteiger partial charge in [0.25, 0.3) is 0 Å². The molecule has 36 heavy (non-hydrogen) atoms. The number of hydrogen-bond acceptors (Lipinski definition) is 11. The molecule has 3 atom stereocenters. The Labute approximate surface area is 214 Å². The number of aromatic nitrogens is 3. The van der Waals surface area contributed by atoms with Crippen LogP contribution in [0.5, 0.6) is 0 Å². The van der Waals surface area contributed by atoms with E-state index < -0.39 is 26.6 Å². The zero-order valence-electron chi connectivity index (χ0n) is 19.5. The number of nitrogens with two attached hydrogens (primary N) is 1. The Balaban J connectivity index is 1.49. The van der Waals surface area contributed by atoms with Gasteiger partial charge in [-0.1, -0.05) is 24.3 Å². The lowest BCUT2D eigenvalue weighted by atomic mass is 10.0. The maximum atomic E-state index is 12.8. The molecule has 1 saturated heterocycles. The van der Waals surface area contributed by atoms with E-state index in [9.17, 15) is 19.7 Å². The van der Waals surface area contributed by atoms with Crippen LogP contribution in [-0.4, -0.2) is 66.4 Å². The van der Waals surface area contributed by atoms with E-state index in [1.807, 2.05) is 12.1 Å². The molecule has 1 fully saturated rings. The Morgan fingerprint density at radius 3 is 2.72 bits per heavy atom. The number of aliphatic hydroxyl groups excluding tert-OH is 1. The van der Waals surface area contributed by atoms with Crippen molar-refractivity contribution < 1.29 is 33.5 Å². The first kappa shape index (κ1) is 27.1. The Bertz CT molecular complexity index is 1180. The molecule has 0 saturated carbocycles. The number of ether oxygens (including phenoxy) is 1. The first-order chi connectivity index (χ1) is 17.3. The zero-order chi connectivity index (χ0) is 25.7. The van der Waals surface area contributed by atoms with Crippen LogP contribution in [0.4, 0.5) is 0 Å². The van der Waals surface area contributed by atoms with Crippen molar-refractivity contribution in [2.45, 2.75) is 44.2 Å². The number of imidazole rings is 1. The summed E-state index contributed by atoms with van der Waals surface area (Å²) in [4.78, 5) is 42.0. The van der Waals surface area contributed by atoms with Crippen molar-refractivity contribution in [3.8, 4) is 0 Å². The highest BCUT2D eigenvalue weighted by molar-refractivity contribution is 7.80. The fourth-order valence-electron chi connectivity index (χ4n) is 4.06. The average Bonchev–Trinajstić information content (AvgIpc) is 3.48. The van der Waals surface area contributed by atoms with E-state index in [-0.39, 0.29) is 31.8 Å². The van der Waals surface area contributed by atoms with Crippen molar-refractivity contribution in [3.05, 3.63) is 59.7 Å². The molecule has 0 radical (unpaired) electrons. The second-order valence-electron chi connectivity index (χ2n) is 8.37. The van der Waals surface area contributed by atoms with Crippen LogP contribution in [0.1, 0.15) is 40.7 Å². The molecule has 3 aromatic rings.